The van der Waals surface area contributed by atoms with Gasteiger partial charge < -0.3 is 14.4 Å². The van der Waals surface area contributed by atoms with Gasteiger partial charge in [-0.25, -0.2) is 9.87 Å². The van der Waals surface area contributed by atoms with Gasteiger partial charge in [0.15, 0.2) is 5.01 Å². The highest BCUT2D eigenvalue weighted by molar-refractivity contribution is 7.94. The maximum absolute atomic E-state index is 13.0. The largest absolute Gasteiger partial charge is 0.489 e. The first kappa shape index (κ1) is 36.3. The van der Waals surface area contributed by atoms with Gasteiger partial charge in [0.1, 0.15) is 18.4 Å². The molecule has 1 aliphatic heterocycles. The van der Waals surface area contributed by atoms with Crippen LogP contribution in [0.3, 0.4) is 0 Å². The van der Waals surface area contributed by atoms with E-state index in [1.54, 1.807) is 13.8 Å². The van der Waals surface area contributed by atoms with Gasteiger partial charge in [-0.3, -0.25) is 4.79 Å². The molecule has 258 valence electrons. The van der Waals surface area contributed by atoms with Gasteiger partial charge in [-0.05, 0) is 65.9 Å². The smallest absolute Gasteiger partial charge is 0.324 e. The van der Waals surface area contributed by atoms with Crippen LogP contribution in [0.5, 0.6) is 5.75 Å². The lowest BCUT2D eigenvalue weighted by Crippen LogP contribution is -2.56. The van der Waals surface area contributed by atoms with Gasteiger partial charge in [0, 0.05) is 53.3 Å². The van der Waals surface area contributed by atoms with Gasteiger partial charge in [0.05, 0.1) is 32.0 Å². The van der Waals surface area contributed by atoms with E-state index in [4.69, 9.17) is 18.8 Å². The number of hydrogen-bond donors (Lipinski definition) is 1. The van der Waals surface area contributed by atoms with Gasteiger partial charge in [0.25, 0.3) is 10.2 Å². The fourth-order valence-electron chi connectivity index (χ4n) is 4.98. The number of thiazole rings is 1. The molecular weight excluding hydrogens is 685 g/mol. The summed E-state index contributed by atoms with van der Waals surface area (Å²) in [6.45, 7) is 5.59. The number of benzene rings is 3. The number of anilines is 1. The minimum Gasteiger partial charge on any atom is -0.489 e. The van der Waals surface area contributed by atoms with Crippen LogP contribution >= 0.6 is 23.4 Å². The highest BCUT2D eigenvalue weighted by Crippen LogP contribution is 2.27. The summed E-state index contributed by atoms with van der Waals surface area (Å²) in [7, 11) is -1.13. The van der Waals surface area contributed by atoms with Gasteiger partial charge >= 0.3 is 5.97 Å². The highest BCUT2D eigenvalue weighted by Gasteiger charge is 2.33. The fraction of sp³-hybridized carbons (Fsp3) is 0.314. The molecule has 1 N–H and O–H groups in total. The van der Waals surface area contributed by atoms with Crippen molar-refractivity contribution in [2.45, 2.75) is 31.4 Å². The summed E-state index contributed by atoms with van der Waals surface area (Å²) in [6.07, 6.45) is 0. The number of nitrogens with one attached hydrogen (secondary N) is 1. The lowest BCUT2D eigenvalue weighted by molar-refractivity contribution is -0.160. The van der Waals surface area contributed by atoms with E-state index >= 15 is 0 Å². The summed E-state index contributed by atoms with van der Waals surface area (Å²) in [6, 6.07) is 22.6. The predicted molar refractivity (Wildman–Crippen MR) is 191 cm³/mol. The van der Waals surface area contributed by atoms with Crippen molar-refractivity contribution in [3.05, 3.63) is 94.3 Å². The molecule has 11 nitrogen and oxygen atoms in total. The number of ether oxygens (including phenoxy) is 2. The van der Waals surface area contributed by atoms with Crippen LogP contribution in [0.25, 0.3) is 11.3 Å². The molecule has 5 rings (SSSR count). The number of rotatable bonds is 13. The molecule has 0 unspecified atom stereocenters. The van der Waals surface area contributed by atoms with Crippen LogP contribution in [0, 0.1) is 17.8 Å². The maximum atomic E-state index is 13.0. The molecule has 14 heteroatoms. The molecular formula is C35H38N4O7S3. The molecule has 0 spiro atoms. The van der Waals surface area contributed by atoms with Crippen LogP contribution in [0.2, 0.25) is 0 Å². The molecule has 1 atom stereocenters. The Balaban J connectivity index is 1.13. The highest BCUT2D eigenvalue weighted by atomic mass is 32.2. The Kier molecular flexibility index (Phi) is 12.7. The molecule has 0 saturated carbocycles. The third kappa shape index (κ3) is 10.1. The molecule has 0 aliphatic carbocycles. The Bertz CT molecular complexity index is 1860. The van der Waals surface area contributed by atoms with Gasteiger partial charge in [-0.1, -0.05) is 44.0 Å². The Labute approximate surface area is 295 Å². The van der Waals surface area contributed by atoms with E-state index in [1.165, 1.54) is 29.9 Å². The molecule has 1 saturated heterocycles. The molecule has 1 fully saturated rings. The minimum absolute atomic E-state index is 0.247. The van der Waals surface area contributed by atoms with Gasteiger partial charge in [-0.2, -0.15) is 21.8 Å². The second-order valence-electron chi connectivity index (χ2n) is 11.4. The Morgan fingerprint density at radius 2 is 1.73 bits per heavy atom. The molecule has 1 aliphatic rings. The number of methoxy groups -OCH3 is 1. The van der Waals surface area contributed by atoms with Crippen LogP contribution in [0.4, 0.5) is 5.69 Å². The van der Waals surface area contributed by atoms with Gasteiger partial charge in [-0.15, -0.1) is 11.3 Å². The van der Waals surface area contributed by atoms with Crippen LogP contribution in [-0.4, -0.2) is 70.1 Å². The van der Waals surface area contributed by atoms with Crippen LogP contribution < -0.4 is 14.4 Å². The lowest BCUT2D eigenvalue weighted by Gasteiger charge is -2.36. The number of esters is 1. The average molecular weight is 723 g/mol. The zero-order valence-electron chi connectivity index (χ0n) is 27.6. The maximum Gasteiger partial charge on any atom is 0.324 e. The van der Waals surface area contributed by atoms with Crippen molar-refractivity contribution in [2.75, 3.05) is 45.3 Å². The number of hydrogen-bond acceptors (Lipinski definition) is 11. The van der Waals surface area contributed by atoms with Crippen molar-refractivity contribution in [3.63, 3.8) is 0 Å². The van der Waals surface area contributed by atoms with E-state index < -0.39 is 22.2 Å². The van der Waals surface area contributed by atoms with Crippen molar-refractivity contribution in [3.8, 4) is 28.8 Å². The number of carbonyl (C=O) groups is 1. The normalized spacial score (nSPS) is 14.3. The van der Waals surface area contributed by atoms with E-state index in [-0.39, 0.29) is 5.92 Å². The monoisotopic (exact) mass is 722 g/mol. The summed E-state index contributed by atoms with van der Waals surface area (Å²) in [4.78, 5) is 24.5. The zero-order valence-corrected chi connectivity index (χ0v) is 30.1. The number of piperazine rings is 1. The van der Waals surface area contributed by atoms with Crippen molar-refractivity contribution in [1.82, 2.24) is 14.0 Å². The summed E-state index contributed by atoms with van der Waals surface area (Å²) in [5.41, 5.74) is 4.64. The standard InChI is InChI=1S/C35H38N4O7S3/c1-25(2)34(35(40)43-3)37-49(41,42)39-20-18-38(19-21-39)29-13-8-26(9-14-29)12-17-33-36-32(24-47-33)28-6-5-7-30(22-28)45-23-27-10-15-31(16-11-27)48-46-44-4/h5-11,13-16,22,24-25,34,37H,18-21,23H2,1-4H3/t34-/m1/s1. The first-order valence-electron chi connectivity index (χ1n) is 15.5. The third-order valence-corrected chi connectivity index (χ3v) is 10.7. The Morgan fingerprint density at radius 3 is 2.41 bits per heavy atom. The number of nitrogens with zero attached hydrogens (tertiary/aromatic N) is 3. The van der Waals surface area contributed by atoms with Crippen molar-refractivity contribution in [2.24, 2.45) is 5.92 Å². The van der Waals surface area contributed by atoms with E-state index in [1.807, 2.05) is 78.2 Å². The summed E-state index contributed by atoms with van der Waals surface area (Å²) in [5, 5.41) is 2.69. The Hall–Kier alpha value is -3.94. The number of aromatic nitrogens is 1. The quantitative estimate of drug-likeness (QED) is 0.0621. The van der Waals surface area contributed by atoms with Crippen molar-refractivity contribution in [1.29, 1.82) is 0 Å². The number of carbonyl (C=O) groups excluding carboxylic acids is 1. The molecule has 3 aromatic carbocycles. The summed E-state index contributed by atoms with van der Waals surface area (Å²) in [5.74, 6) is 6.26. The van der Waals surface area contributed by atoms with Crippen molar-refractivity contribution < 1.29 is 31.9 Å². The summed E-state index contributed by atoms with van der Waals surface area (Å²) < 4.78 is 45.5. The van der Waals surface area contributed by atoms with Crippen molar-refractivity contribution >= 4 is 45.2 Å². The van der Waals surface area contributed by atoms with E-state index in [9.17, 15) is 13.2 Å². The second kappa shape index (κ2) is 17.1. The van der Waals surface area contributed by atoms with Crippen LogP contribution in [-0.2, 0) is 35.6 Å². The second-order valence-corrected chi connectivity index (χ2v) is 14.7. The third-order valence-electron chi connectivity index (χ3n) is 7.68. The predicted octanol–water partition coefficient (Wildman–Crippen LogP) is 5.53. The Morgan fingerprint density at radius 1 is 1.00 bits per heavy atom. The molecule has 0 amide bonds. The molecule has 4 aromatic rings. The van der Waals surface area contributed by atoms with E-state index in [2.05, 4.69) is 26.4 Å². The minimum atomic E-state index is -3.84. The molecule has 49 heavy (non-hydrogen) atoms. The topological polar surface area (TPSA) is 120 Å². The fourth-order valence-corrected chi connectivity index (χ4v) is 7.53. The molecule has 0 bridgehead atoms. The first-order valence-corrected chi connectivity index (χ1v) is 18.6. The van der Waals surface area contributed by atoms with E-state index in [0.29, 0.717) is 37.8 Å². The lowest BCUT2D eigenvalue weighted by atomic mass is 10.1. The van der Waals surface area contributed by atoms with Crippen LogP contribution in [0.1, 0.15) is 30.0 Å². The zero-order chi connectivity index (χ0) is 34.8. The molecule has 2 heterocycles. The first-order chi connectivity index (χ1) is 23.6. The molecule has 0 radical (unpaired) electrons. The molecule has 1 aromatic heterocycles. The van der Waals surface area contributed by atoms with Crippen LogP contribution in [0.15, 0.2) is 83.1 Å². The summed E-state index contributed by atoms with van der Waals surface area (Å²) >= 11 is 2.63. The van der Waals surface area contributed by atoms with E-state index in [0.717, 1.165) is 50.8 Å². The average Bonchev–Trinajstić information content (AvgIpc) is 3.61. The SMILES string of the molecule is COOSc1ccc(COc2cccc(-c3csc(C#Cc4ccc(N5CCN(S(=O)(=O)N[C@@H](C(=O)OC)C(C)C)CC5)cc4)n3)c2)cc1. The van der Waals surface area contributed by atoms with Gasteiger partial charge in [0.2, 0.25) is 0 Å².